The molecule has 0 unspecified atom stereocenters. The summed E-state index contributed by atoms with van der Waals surface area (Å²) in [6.07, 6.45) is 1.39. The summed E-state index contributed by atoms with van der Waals surface area (Å²) in [5.41, 5.74) is 2.00. The van der Waals surface area contributed by atoms with Crippen molar-refractivity contribution in [2.45, 2.75) is 45.8 Å². The van der Waals surface area contributed by atoms with E-state index in [2.05, 4.69) is 0 Å². The molecule has 0 saturated heterocycles. The molecular formula is C22H29NO3. The van der Waals surface area contributed by atoms with E-state index in [1.807, 2.05) is 55.5 Å². The summed E-state index contributed by atoms with van der Waals surface area (Å²) in [6.45, 7) is 6.63. The molecule has 2 rings (SSSR count). The molecule has 2 aromatic rings. The van der Waals surface area contributed by atoms with Gasteiger partial charge in [-0.05, 0) is 57.4 Å². The number of rotatable bonds is 8. The number of aryl methyl sites for hydroxylation is 1. The van der Waals surface area contributed by atoms with Crippen molar-refractivity contribution in [2.24, 2.45) is 0 Å². The lowest BCUT2D eigenvalue weighted by molar-refractivity contribution is 0.0714. The van der Waals surface area contributed by atoms with Gasteiger partial charge >= 0.3 is 0 Å². The number of benzene rings is 2. The van der Waals surface area contributed by atoms with E-state index in [0.29, 0.717) is 25.1 Å². The monoisotopic (exact) mass is 355 g/mol. The highest BCUT2D eigenvalue weighted by molar-refractivity contribution is 5.94. The zero-order chi connectivity index (χ0) is 19.2. The normalized spacial score (nSPS) is 11.3. The minimum atomic E-state index is -0.709. The van der Waals surface area contributed by atoms with Crippen LogP contribution in [-0.2, 0) is 13.0 Å². The van der Waals surface area contributed by atoms with Crippen LogP contribution < -0.4 is 4.74 Å². The maximum atomic E-state index is 12.8. The Balaban J connectivity index is 2.09. The van der Waals surface area contributed by atoms with Crippen LogP contribution in [0.4, 0.5) is 0 Å². The molecule has 0 spiro atoms. The van der Waals surface area contributed by atoms with Crippen LogP contribution in [0.2, 0.25) is 0 Å². The summed E-state index contributed by atoms with van der Waals surface area (Å²) in [4.78, 5) is 14.5. The van der Waals surface area contributed by atoms with Crippen molar-refractivity contribution in [1.29, 1.82) is 0 Å². The highest BCUT2D eigenvalue weighted by atomic mass is 16.5. The van der Waals surface area contributed by atoms with Crippen molar-refractivity contribution in [3.05, 3.63) is 65.2 Å². The van der Waals surface area contributed by atoms with Gasteiger partial charge in [-0.3, -0.25) is 4.79 Å². The largest absolute Gasteiger partial charge is 0.494 e. The Kier molecular flexibility index (Phi) is 6.81. The summed E-state index contributed by atoms with van der Waals surface area (Å²) in [5, 5.41) is 9.89. The highest BCUT2D eigenvalue weighted by Crippen LogP contribution is 2.21. The van der Waals surface area contributed by atoms with Crippen molar-refractivity contribution >= 4 is 5.91 Å². The number of amides is 1. The van der Waals surface area contributed by atoms with Crippen LogP contribution in [0.1, 0.15) is 48.7 Å². The fourth-order valence-corrected chi connectivity index (χ4v) is 2.79. The second-order valence-electron chi connectivity index (χ2n) is 7.21. The summed E-state index contributed by atoms with van der Waals surface area (Å²) in [7, 11) is 1.80. The third-order valence-corrected chi connectivity index (χ3v) is 4.23. The minimum Gasteiger partial charge on any atom is -0.494 e. The molecule has 0 heterocycles. The summed E-state index contributed by atoms with van der Waals surface area (Å²) in [6, 6.07) is 15.4. The van der Waals surface area contributed by atoms with Gasteiger partial charge in [-0.2, -0.15) is 0 Å². The smallest absolute Gasteiger partial charge is 0.253 e. The zero-order valence-corrected chi connectivity index (χ0v) is 16.2. The fourth-order valence-electron chi connectivity index (χ4n) is 2.79. The Morgan fingerprint density at radius 3 is 2.58 bits per heavy atom. The number of carbonyl (C=O) groups is 1. The summed E-state index contributed by atoms with van der Waals surface area (Å²) >= 11 is 0. The molecule has 0 atom stereocenters. The quantitative estimate of drug-likeness (QED) is 0.777. The van der Waals surface area contributed by atoms with Crippen LogP contribution in [0.25, 0.3) is 0 Å². The average Bonchev–Trinajstić information content (AvgIpc) is 2.61. The van der Waals surface area contributed by atoms with Crippen molar-refractivity contribution in [3.63, 3.8) is 0 Å². The van der Waals surface area contributed by atoms with Crippen LogP contribution in [0.3, 0.4) is 0 Å². The number of aliphatic hydroxyl groups is 1. The molecule has 140 valence electrons. The van der Waals surface area contributed by atoms with Gasteiger partial charge in [0.05, 0.1) is 12.2 Å². The van der Waals surface area contributed by atoms with E-state index in [1.54, 1.807) is 25.8 Å². The van der Waals surface area contributed by atoms with E-state index in [9.17, 15) is 9.90 Å². The second kappa shape index (κ2) is 8.86. The zero-order valence-electron chi connectivity index (χ0n) is 16.2. The highest BCUT2D eigenvalue weighted by Gasteiger charge is 2.16. The molecule has 0 radical (unpaired) electrons. The SMILES string of the molecule is CCOc1ccccc1CN(C)C(=O)c1cccc(CCC(C)(C)O)c1. The lowest BCUT2D eigenvalue weighted by atomic mass is 9.97. The number of ether oxygens (including phenoxy) is 1. The molecule has 4 heteroatoms. The molecular weight excluding hydrogens is 326 g/mol. The Morgan fingerprint density at radius 1 is 1.15 bits per heavy atom. The van der Waals surface area contributed by atoms with Gasteiger partial charge in [0.1, 0.15) is 5.75 Å². The fraction of sp³-hybridized carbons (Fsp3) is 0.409. The number of para-hydroxylation sites is 1. The van der Waals surface area contributed by atoms with E-state index in [4.69, 9.17) is 4.74 Å². The molecule has 0 aliphatic rings. The molecule has 4 nitrogen and oxygen atoms in total. The van der Waals surface area contributed by atoms with Crippen molar-refractivity contribution in [2.75, 3.05) is 13.7 Å². The summed E-state index contributed by atoms with van der Waals surface area (Å²) in [5.74, 6) is 0.787. The number of hydrogen-bond acceptors (Lipinski definition) is 3. The molecule has 0 saturated carbocycles. The Hall–Kier alpha value is -2.33. The van der Waals surface area contributed by atoms with Crippen molar-refractivity contribution in [3.8, 4) is 5.75 Å². The molecule has 2 aromatic carbocycles. The van der Waals surface area contributed by atoms with Crippen LogP contribution >= 0.6 is 0 Å². The first-order valence-corrected chi connectivity index (χ1v) is 9.07. The van der Waals surface area contributed by atoms with E-state index >= 15 is 0 Å². The van der Waals surface area contributed by atoms with Gasteiger partial charge in [0.25, 0.3) is 5.91 Å². The average molecular weight is 355 g/mol. The van der Waals surface area contributed by atoms with E-state index < -0.39 is 5.60 Å². The first kappa shape index (κ1) is 20.0. The minimum absolute atomic E-state index is 0.0265. The third kappa shape index (κ3) is 5.88. The second-order valence-corrected chi connectivity index (χ2v) is 7.21. The predicted octanol–water partition coefficient (Wildman–Crippen LogP) is 4.06. The first-order valence-electron chi connectivity index (χ1n) is 9.07. The molecule has 0 fully saturated rings. The molecule has 0 aliphatic heterocycles. The van der Waals surface area contributed by atoms with Gasteiger partial charge in [-0.25, -0.2) is 0 Å². The molecule has 0 bridgehead atoms. The summed E-state index contributed by atoms with van der Waals surface area (Å²) < 4.78 is 5.64. The van der Waals surface area contributed by atoms with Crippen LogP contribution in [0.5, 0.6) is 5.75 Å². The number of carbonyl (C=O) groups excluding carboxylic acids is 1. The Labute approximate surface area is 156 Å². The molecule has 26 heavy (non-hydrogen) atoms. The van der Waals surface area contributed by atoms with Gasteiger partial charge in [0, 0.05) is 24.7 Å². The predicted molar refractivity (Wildman–Crippen MR) is 104 cm³/mol. The third-order valence-electron chi connectivity index (χ3n) is 4.23. The lowest BCUT2D eigenvalue weighted by Gasteiger charge is -2.20. The van der Waals surface area contributed by atoms with Gasteiger partial charge in [0.2, 0.25) is 0 Å². The topological polar surface area (TPSA) is 49.8 Å². The van der Waals surface area contributed by atoms with E-state index in [1.165, 1.54) is 0 Å². The van der Waals surface area contributed by atoms with Gasteiger partial charge in [0.15, 0.2) is 0 Å². The first-order chi connectivity index (χ1) is 12.3. The van der Waals surface area contributed by atoms with Crippen LogP contribution in [-0.4, -0.2) is 35.2 Å². The Bertz CT molecular complexity index is 734. The van der Waals surface area contributed by atoms with Crippen LogP contribution in [0.15, 0.2) is 48.5 Å². The van der Waals surface area contributed by atoms with E-state index in [-0.39, 0.29) is 5.91 Å². The van der Waals surface area contributed by atoms with Gasteiger partial charge < -0.3 is 14.7 Å². The number of nitrogens with zero attached hydrogens (tertiary/aromatic N) is 1. The van der Waals surface area contributed by atoms with Crippen LogP contribution in [0, 0.1) is 0 Å². The lowest BCUT2D eigenvalue weighted by Crippen LogP contribution is -2.26. The molecule has 1 amide bonds. The maximum Gasteiger partial charge on any atom is 0.253 e. The van der Waals surface area contributed by atoms with Gasteiger partial charge in [-0.1, -0.05) is 30.3 Å². The number of hydrogen-bond donors (Lipinski definition) is 1. The van der Waals surface area contributed by atoms with E-state index in [0.717, 1.165) is 23.3 Å². The van der Waals surface area contributed by atoms with Crippen molar-refractivity contribution < 1.29 is 14.6 Å². The maximum absolute atomic E-state index is 12.8. The Morgan fingerprint density at radius 2 is 1.88 bits per heavy atom. The van der Waals surface area contributed by atoms with Crippen molar-refractivity contribution in [1.82, 2.24) is 4.90 Å². The molecule has 0 aromatic heterocycles. The molecule has 1 N–H and O–H groups in total. The standard InChI is InChI=1S/C22H29NO3/c1-5-26-20-12-7-6-10-19(20)16-23(4)21(24)18-11-8-9-17(15-18)13-14-22(2,3)25/h6-12,15,25H,5,13-14,16H2,1-4H3. The van der Waals surface area contributed by atoms with Gasteiger partial charge in [-0.15, -0.1) is 0 Å². The molecule has 0 aliphatic carbocycles.